The number of alkyl carbamates (subject to hydrolysis) is 1. The topological polar surface area (TPSA) is 105 Å². The van der Waals surface area contributed by atoms with Gasteiger partial charge in [-0.25, -0.2) is 9.59 Å². The fourth-order valence-corrected chi connectivity index (χ4v) is 5.56. The van der Waals surface area contributed by atoms with Gasteiger partial charge in [-0.05, 0) is 65.4 Å². The third-order valence-corrected chi connectivity index (χ3v) is 7.57. The van der Waals surface area contributed by atoms with Crippen LogP contribution in [0.25, 0.3) is 11.1 Å². The molecule has 0 aliphatic heterocycles. The van der Waals surface area contributed by atoms with Gasteiger partial charge in [-0.3, -0.25) is 4.79 Å². The molecule has 2 aromatic carbocycles. The first-order chi connectivity index (χ1) is 17.0. The molecule has 186 valence electrons. The van der Waals surface area contributed by atoms with Gasteiger partial charge in [-0.15, -0.1) is 0 Å². The van der Waals surface area contributed by atoms with Crippen LogP contribution in [0.3, 0.4) is 0 Å². The number of ether oxygens (including phenoxy) is 1. The van der Waals surface area contributed by atoms with Crippen molar-refractivity contribution in [2.45, 2.75) is 37.6 Å². The lowest BCUT2D eigenvalue weighted by atomic mass is 9.73. The van der Waals surface area contributed by atoms with Crippen LogP contribution < -0.4 is 10.6 Å². The number of nitrogens with one attached hydrogen (secondary N) is 2. The Bertz CT molecular complexity index is 1020. The number of thioether (sulfide) groups is 1. The van der Waals surface area contributed by atoms with Gasteiger partial charge in [-0.2, -0.15) is 11.8 Å². The number of aliphatic carboxylic acids is 1. The second kappa shape index (κ2) is 11.6. The van der Waals surface area contributed by atoms with Gasteiger partial charge in [0.05, 0.1) is 0 Å². The van der Waals surface area contributed by atoms with Gasteiger partial charge in [0, 0.05) is 18.9 Å². The highest BCUT2D eigenvalue weighted by molar-refractivity contribution is 7.98. The molecule has 7 nitrogen and oxygen atoms in total. The zero-order valence-corrected chi connectivity index (χ0v) is 20.7. The molecule has 2 aromatic rings. The summed E-state index contributed by atoms with van der Waals surface area (Å²) in [5.41, 5.74) is 4.75. The number of carboxylic acids is 1. The van der Waals surface area contributed by atoms with Gasteiger partial charge in [-0.1, -0.05) is 48.5 Å². The number of hydrogen-bond donors (Lipinski definition) is 3. The first kappa shape index (κ1) is 25.1. The Morgan fingerprint density at radius 2 is 1.66 bits per heavy atom. The minimum atomic E-state index is -0.994. The Hall–Kier alpha value is -3.00. The summed E-state index contributed by atoms with van der Waals surface area (Å²) in [4.78, 5) is 35.9. The highest BCUT2D eigenvalue weighted by atomic mass is 32.2. The van der Waals surface area contributed by atoms with Gasteiger partial charge in [0.2, 0.25) is 5.91 Å². The van der Waals surface area contributed by atoms with Crippen molar-refractivity contribution in [2.24, 2.45) is 11.8 Å². The number of fused-ring (bicyclic) bond motifs is 3. The molecule has 3 N–H and O–H groups in total. The Morgan fingerprint density at radius 1 is 1.03 bits per heavy atom. The van der Waals surface area contributed by atoms with Gasteiger partial charge < -0.3 is 20.5 Å². The van der Waals surface area contributed by atoms with Gasteiger partial charge in [0.15, 0.2) is 0 Å². The molecule has 1 atom stereocenters. The lowest BCUT2D eigenvalue weighted by Crippen LogP contribution is -2.43. The molecule has 2 aliphatic carbocycles. The lowest BCUT2D eigenvalue weighted by Gasteiger charge is -2.35. The van der Waals surface area contributed by atoms with E-state index in [0.717, 1.165) is 12.8 Å². The molecule has 0 aromatic heterocycles. The highest BCUT2D eigenvalue weighted by Crippen LogP contribution is 2.44. The zero-order valence-electron chi connectivity index (χ0n) is 19.9. The van der Waals surface area contributed by atoms with E-state index in [4.69, 9.17) is 4.74 Å². The van der Waals surface area contributed by atoms with Crippen LogP contribution in [0.5, 0.6) is 0 Å². The van der Waals surface area contributed by atoms with Crippen LogP contribution in [0.1, 0.15) is 42.7 Å². The zero-order chi connectivity index (χ0) is 24.8. The molecule has 0 spiro atoms. The fourth-order valence-electron chi connectivity index (χ4n) is 5.09. The van der Waals surface area contributed by atoms with Crippen molar-refractivity contribution in [3.8, 4) is 11.1 Å². The fraction of sp³-hybridized carbons (Fsp3) is 0.444. The van der Waals surface area contributed by atoms with Crippen LogP contribution in [-0.4, -0.2) is 54.3 Å². The average Bonchev–Trinajstić information content (AvgIpc) is 3.15. The van der Waals surface area contributed by atoms with Gasteiger partial charge in [0.1, 0.15) is 12.6 Å². The molecular formula is C27H32N2O5S. The predicted molar refractivity (Wildman–Crippen MR) is 136 cm³/mol. The maximum atomic E-state index is 12.3. The van der Waals surface area contributed by atoms with Crippen LogP contribution in [0, 0.1) is 11.8 Å². The molecule has 1 saturated carbocycles. The van der Waals surface area contributed by atoms with Crippen molar-refractivity contribution >= 4 is 29.7 Å². The Labute approximate surface area is 210 Å². The van der Waals surface area contributed by atoms with E-state index in [1.54, 1.807) is 11.8 Å². The predicted octanol–water partition coefficient (Wildman–Crippen LogP) is 4.26. The number of amides is 2. The van der Waals surface area contributed by atoms with Crippen LogP contribution in [0.2, 0.25) is 0 Å². The smallest absolute Gasteiger partial charge is 0.407 e. The normalized spacial score (nSPS) is 19.1. The number of hydrogen-bond acceptors (Lipinski definition) is 5. The van der Waals surface area contributed by atoms with E-state index in [2.05, 4.69) is 34.9 Å². The van der Waals surface area contributed by atoms with E-state index in [-0.39, 0.29) is 24.3 Å². The summed E-state index contributed by atoms with van der Waals surface area (Å²) < 4.78 is 5.58. The molecule has 4 rings (SSSR count). The molecule has 35 heavy (non-hydrogen) atoms. The molecule has 0 radical (unpaired) electrons. The largest absolute Gasteiger partial charge is 0.480 e. The maximum Gasteiger partial charge on any atom is 0.407 e. The standard InChI is InChI=1S/C27H32N2O5S/c1-35-11-10-24(26(31)32)29-25(30)14-17-12-18(13-17)15-28-27(33)34-16-23-21-8-4-2-6-19(21)20-7-3-5-9-22(20)23/h2-9,17-18,23-24H,10-16H2,1H3,(H,28,33)(H,29,30)(H,31,32)/t17?,18?,24-/m0/s1. The summed E-state index contributed by atoms with van der Waals surface area (Å²) in [7, 11) is 0. The monoisotopic (exact) mass is 496 g/mol. The number of carbonyl (C=O) groups excluding carboxylic acids is 2. The molecule has 0 heterocycles. The molecule has 0 bridgehead atoms. The second-order valence-corrected chi connectivity index (χ2v) is 10.3. The highest BCUT2D eigenvalue weighted by Gasteiger charge is 2.32. The van der Waals surface area contributed by atoms with E-state index in [9.17, 15) is 19.5 Å². The number of carbonyl (C=O) groups is 3. The van der Waals surface area contributed by atoms with Crippen molar-refractivity contribution in [3.63, 3.8) is 0 Å². The minimum absolute atomic E-state index is 0.0327. The summed E-state index contributed by atoms with van der Waals surface area (Å²) in [5, 5.41) is 14.7. The number of rotatable bonds is 11. The summed E-state index contributed by atoms with van der Waals surface area (Å²) in [5.74, 6) is 0.0341. The Balaban J connectivity index is 1.16. The van der Waals surface area contributed by atoms with Crippen molar-refractivity contribution in [3.05, 3.63) is 59.7 Å². The summed E-state index contributed by atoms with van der Waals surface area (Å²) in [6, 6.07) is 15.6. The molecule has 8 heteroatoms. The molecule has 2 aliphatic rings. The third kappa shape index (κ3) is 6.17. The van der Waals surface area contributed by atoms with E-state index >= 15 is 0 Å². The van der Waals surface area contributed by atoms with Crippen molar-refractivity contribution in [1.29, 1.82) is 0 Å². The summed E-state index contributed by atoms with van der Waals surface area (Å²) in [6.07, 6.45) is 3.89. The minimum Gasteiger partial charge on any atom is -0.480 e. The SMILES string of the molecule is CSCC[C@H](NC(=O)CC1CC(CNC(=O)OCC2c3ccccc3-c3ccccc32)C1)C(=O)O. The van der Waals surface area contributed by atoms with E-state index < -0.39 is 18.1 Å². The van der Waals surface area contributed by atoms with Crippen molar-refractivity contribution in [2.75, 3.05) is 25.2 Å². The van der Waals surface area contributed by atoms with Crippen LogP contribution in [0.15, 0.2) is 48.5 Å². The van der Waals surface area contributed by atoms with Crippen LogP contribution in [0.4, 0.5) is 4.79 Å². The molecule has 2 amide bonds. The summed E-state index contributed by atoms with van der Waals surface area (Å²) in [6.45, 7) is 0.800. The Morgan fingerprint density at radius 3 is 2.26 bits per heavy atom. The molecule has 1 fully saturated rings. The van der Waals surface area contributed by atoms with E-state index in [1.807, 2.05) is 30.5 Å². The Kier molecular flexibility index (Phi) is 8.33. The van der Waals surface area contributed by atoms with Gasteiger partial charge in [0.25, 0.3) is 0 Å². The van der Waals surface area contributed by atoms with Crippen LogP contribution >= 0.6 is 11.8 Å². The average molecular weight is 497 g/mol. The molecular weight excluding hydrogens is 464 g/mol. The number of benzene rings is 2. The summed E-state index contributed by atoms with van der Waals surface area (Å²) >= 11 is 1.56. The number of carboxylic acid groups (broad SMARTS) is 1. The van der Waals surface area contributed by atoms with Gasteiger partial charge >= 0.3 is 12.1 Å². The van der Waals surface area contributed by atoms with E-state index in [0.29, 0.717) is 31.1 Å². The van der Waals surface area contributed by atoms with Crippen molar-refractivity contribution < 1.29 is 24.2 Å². The van der Waals surface area contributed by atoms with E-state index in [1.165, 1.54) is 22.3 Å². The first-order valence-corrected chi connectivity index (χ1v) is 13.5. The third-order valence-electron chi connectivity index (χ3n) is 6.93. The first-order valence-electron chi connectivity index (χ1n) is 12.1. The second-order valence-electron chi connectivity index (χ2n) is 9.35. The molecule has 0 unspecified atom stereocenters. The van der Waals surface area contributed by atoms with Crippen molar-refractivity contribution in [1.82, 2.24) is 10.6 Å². The van der Waals surface area contributed by atoms with Crippen LogP contribution in [-0.2, 0) is 14.3 Å². The molecule has 0 saturated heterocycles. The maximum absolute atomic E-state index is 12.3. The lowest BCUT2D eigenvalue weighted by molar-refractivity contribution is -0.142. The quantitative estimate of drug-likeness (QED) is 0.429.